The van der Waals surface area contributed by atoms with Crippen molar-refractivity contribution in [2.75, 3.05) is 0 Å². The van der Waals surface area contributed by atoms with Gasteiger partial charge >= 0.3 is 0 Å². The van der Waals surface area contributed by atoms with E-state index in [1.54, 1.807) is 107 Å². The Morgan fingerprint density at radius 1 is 0.430 bits per heavy atom. The summed E-state index contributed by atoms with van der Waals surface area (Å²) >= 11 is 8.18. The summed E-state index contributed by atoms with van der Waals surface area (Å²) in [6, 6.07) is 40.1. The summed E-state index contributed by atoms with van der Waals surface area (Å²) in [7, 11) is 0. The van der Waals surface area contributed by atoms with Crippen molar-refractivity contribution in [3.8, 4) is 0 Å². The van der Waals surface area contributed by atoms with E-state index < -0.39 is 12.2 Å². The number of aromatic nitrogens is 10. The Hall–Kier alpha value is -8.86. The normalized spacial score (nSPS) is 12.1. The standard InChI is InChI=1S/C16H18N2OS.2C16H16N2OS.C16H14N2OS.C9H10N2OS/c4*1-11-12(2)20-16-17-10-14(18(11)16)15(19)9-8-13-6-4-3-5-7-13;1-5-7(3)13-9-10-4-8(6(2)12)11(5)9/h3-7,10,15,19H,8-9H2,1-2H3;3-7,10H,8-9H2,1-2H3;3-10,15,19H,1-2H3;3-10H,1-2H3;4H,1-3H3/b;;2*9-8+;. The van der Waals surface area contributed by atoms with Gasteiger partial charge in [-0.05, 0) is 123 Å². The molecule has 14 aromatic rings. The molecule has 2 atom stereocenters. The first-order valence-electron chi connectivity index (χ1n) is 30.4. The second-order valence-corrected chi connectivity index (χ2v) is 28.3. The van der Waals surface area contributed by atoms with Gasteiger partial charge in [0.15, 0.2) is 36.4 Å². The van der Waals surface area contributed by atoms with Crippen LogP contribution in [0.25, 0.3) is 37.0 Å². The van der Waals surface area contributed by atoms with E-state index in [0.717, 1.165) is 82.9 Å². The van der Waals surface area contributed by atoms with Gasteiger partial charge in [0.1, 0.15) is 23.2 Å². The maximum absolute atomic E-state index is 12.4. The van der Waals surface area contributed by atoms with Gasteiger partial charge in [-0.3, -0.25) is 36.4 Å². The second kappa shape index (κ2) is 30.3. The predicted molar refractivity (Wildman–Crippen MR) is 382 cm³/mol. The fourth-order valence-electron chi connectivity index (χ4n) is 10.4. The molecule has 4 aromatic carbocycles. The SMILES string of the molecule is CC(=O)c1cnc2sc(C)c(C)n12.Cc1sc2ncc(C(=O)/C=C/c3ccccc3)n2c1C.Cc1sc2ncc(C(=O)CCc3ccccc3)n2c1C.Cc1sc2ncc(C(O)/C=C/c3ccccc3)n2c1C.Cc1sc2ncc(C(O)CCc3ccccc3)n2c1C. The minimum atomic E-state index is -0.655. The van der Waals surface area contributed by atoms with Gasteiger partial charge in [0.25, 0.3) is 0 Å². The fourth-order valence-corrected chi connectivity index (χ4v) is 15.2. The van der Waals surface area contributed by atoms with Crippen molar-refractivity contribution in [1.29, 1.82) is 0 Å². The molecule has 0 aliphatic rings. The summed E-state index contributed by atoms with van der Waals surface area (Å²) in [6.45, 7) is 22.1. The third-order valence-corrected chi connectivity index (χ3v) is 21.6. The summed E-state index contributed by atoms with van der Waals surface area (Å²) in [5.74, 6) is 0.193. The van der Waals surface area contributed by atoms with Gasteiger partial charge < -0.3 is 10.2 Å². The highest BCUT2D eigenvalue weighted by molar-refractivity contribution is 7.18. The topological polar surface area (TPSA) is 178 Å². The number of allylic oxidation sites excluding steroid dienone is 1. The van der Waals surface area contributed by atoms with Gasteiger partial charge in [0.05, 0.1) is 48.5 Å². The molecule has 0 aliphatic heterocycles. The van der Waals surface area contributed by atoms with Crippen molar-refractivity contribution in [2.24, 2.45) is 0 Å². The van der Waals surface area contributed by atoms with E-state index in [2.05, 4.69) is 88.2 Å². The van der Waals surface area contributed by atoms with Crippen molar-refractivity contribution in [2.45, 2.75) is 114 Å². The van der Waals surface area contributed by atoms with Crippen LogP contribution in [0, 0.1) is 69.2 Å². The molecule has 0 radical (unpaired) electrons. The molecule has 0 amide bonds. The van der Waals surface area contributed by atoms with Crippen LogP contribution in [0.1, 0.15) is 150 Å². The van der Waals surface area contributed by atoms with Gasteiger partial charge in [-0.15, -0.1) is 56.7 Å². The van der Waals surface area contributed by atoms with Gasteiger partial charge in [-0.1, -0.05) is 133 Å². The van der Waals surface area contributed by atoms with Crippen LogP contribution in [-0.2, 0) is 12.8 Å². The zero-order valence-corrected chi connectivity index (χ0v) is 57.9. The van der Waals surface area contributed by atoms with E-state index in [1.807, 2.05) is 161 Å². The minimum absolute atomic E-state index is 0.0257. The number of hydrogen-bond donors (Lipinski definition) is 2. The molecule has 14 rings (SSSR count). The van der Waals surface area contributed by atoms with Crippen molar-refractivity contribution < 1.29 is 24.6 Å². The smallest absolute Gasteiger partial charge is 0.204 e. The first kappa shape index (κ1) is 67.0. The molecule has 0 fully saturated rings. The lowest BCUT2D eigenvalue weighted by atomic mass is 10.1. The number of aliphatic hydroxyl groups excluding tert-OH is 2. The van der Waals surface area contributed by atoms with Crippen LogP contribution >= 0.6 is 56.7 Å². The van der Waals surface area contributed by atoms with Crippen LogP contribution in [0.15, 0.2) is 164 Å². The average molecular weight is 1330 g/mol. The highest BCUT2D eigenvalue weighted by Crippen LogP contribution is 2.31. The maximum Gasteiger partial charge on any atom is 0.204 e. The Bertz CT molecular complexity index is 4930. The number of carbonyl (C=O) groups excluding carboxylic acids is 3. The highest BCUT2D eigenvalue weighted by atomic mass is 32.1. The molecule has 2 unspecified atom stereocenters. The Kier molecular flexibility index (Phi) is 21.8. The molecule has 0 aliphatic carbocycles. The van der Waals surface area contributed by atoms with Crippen LogP contribution in [0.2, 0.25) is 0 Å². The third-order valence-electron chi connectivity index (χ3n) is 16.2. The molecule has 0 bridgehead atoms. The van der Waals surface area contributed by atoms with Gasteiger partial charge in [-0.25, -0.2) is 24.9 Å². The Morgan fingerprint density at radius 2 is 0.785 bits per heavy atom. The second-order valence-electron chi connectivity index (χ2n) is 22.4. The van der Waals surface area contributed by atoms with Crippen LogP contribution in [0.3, 0.4) is 0 Å². The van der Waals surface area contributed by atoms with Gasteiger partial charge in [0, 0.05) is 66.2 Å². The lowest BCUT2D eigenvalue weighted by Gasteiger charge is -2.10. The number of fused-ring (bicyclic) bond motifs is 5. The molecule has 0 spiro atoms. The largest absolute Gasteiger partial charge is 0.387 e. The van der Waals surface area contributed by atoms with Crippen molar-refractivity contribution in [1.82, 2.24) is 46.9 Å². The van der Waals surface area contributed by atoms with Crippen LogP contribution < -0.4 is 0 Å². The molecule has 0 saturated carbocycles. The highest BCUT2D eigenvalue weighted by Gasteiger charge is 2.21. The first-order chi connectivity index (χ1) is 44.8. The number of benzene rings is 4. The number of hydrogen-bond acceptors (Lipinski definition) is 15. The number of aryl methyl sites for hydroxylation is 12. The number of aliphatic hydroxyl groups is 2. The molecule has 10 aromatic heterocycles. The van der Waals surface area contributed by atoms with Crippen LogP contribution in [-0.4, -0.2) is 74.5 Å². The van der Waals surface area contributed by atoms with Crippen LogP contribution in [0.4, 0.5) is 0 Å². The predicted octanol–water partition coefficient (Wildman–Crippen LogP) is 17.4. The summed E-state index contributed by atoms with van der Waals surface area (Å²) in [5, 5.41) is 20.8. The summed E-state index contributed by atoms with van der Waals surface area (Å²) in [5.41, 5.74) is 13.9. The van der Waals surface area contributed by atoms with E-state index in [9.17, 15) is 24.6 Å². The van der Waals surface area contributed by atoms with Crippen LogP contribution in [0.5, 0.6) is 0 Å². The number of nitrogens with zero attached hydrogens (tertiary/aromatic N) is 10. The van der Waals surface area contributed by atoms with E-state index in [-0.39, 0.29) is 17.3 Å². The monoisotopic (exact) mass is 1330 g/mol. The number of Topliss-reactive ketones (excluding diaryl/α,β-unsaturated/α-hetero) is 2. The lowest BCUT2D eigenvalue weighted by Crippen LogP contribution is -2.05. The number of ketones is 3. The number of imidazole rings is 5. The molecule has 10 heterocycles. The molecular formula is C73H74N10O5S5. The molecule has 20 heteroatoms. The first-order valence-corrected chi connectivity index (χ1v) is 34.5. The molecule has 0 saturated heterocycles. The summed E-state index contributed by atoms with van der Waals surface area (Å²) < 4.78 is 9.93. The van der Waals surface area contributed by atoms with Crippen molar-refractivity contribution >= 4 is 111 Å². The fraction of sp³-hybridized carbons (Fsp3) is 0.233. The minimum Gasteiger partial charge on any atom is -0.387 e. The van der Waals surface area contributed by atoms with E-state index in [0.29, 0.717) is 29.9 Å². The molecule has 476 valence electrons. The number of thiazole rings is 5. The quantitative estimate of drug-likeness (QED) is 0.0741. The maximum atomic E-state index is 12.4. The molecular weight excluding hydrogens is 1260 g/mol. The third kappa shape index (κ3) is 15.5. The van der Waals surface area contributed by atoms with Crippen molar-refractivity contribution in [3.05, 3.63) is 268 Å². The zero-order chi connectivity index (χ0) is 66.0. The van der Waals surface area contributed by atoms with E-state index >= 15 is 0 Å². The summed E-state index contributed by atoms with van der Waals surface area (Å²) in [6.07, 6.45) is 17.4. The summed E-state index contributed by atoms with van der Waals surface area (Å²) in [4.78, 5) is 68.2. The van der Waals surface area contributed by atoms with Crippen molar-refractivity contribution in [3.63, 3.8) is 0 Å². The number of rotatable bonds is 15. The van der Waals surface area contributed by atoms with E-state index in [1.165, 1.54) is 41.2 Å². The van der Waals surface area contributed by atoms with Gasteiger partial charge in [-0.2, -0.15) is 0 Å². The molecule has 93 heavy (non-hydrogen) atoms. The lowest BCUT2D eigenvalue weighted by molar-refractivity contribution is 0.0974. The van der Waals surface area contributed by atoms with Gasteiger partial charge in [0.2, 0.25) is 5.78 Å². The Balaban J connectivity index is 0.000000128. The molecule has 2 N–H and O–H groups in total. The Morgan fingerprint density at radius 3 is 1.26 bits per heavy atom. The van der Waals surface area contributed by atoms with E-state index in [4.69, 9.17) is 0 Å². The average Bonchev–Trinajstić information content (AvgIpc) is 1.72. The number of carbonyl (C=O) groups is 3. The Labute approximate surface area is 560 Å². The molecule has 15 nitrogen and oxygen atoms in total. The zero-order valence-electron chi connectivity index (χ0n) is 53.9.